The first-order chi connectivity index (χ1) is 10.4. The van der Waals surface area contributed by atoms with Crippen LogP contribution in [-0.4, -0.2) is 50.4 Å². The Hall–Kier alpha value is -1.26. The van der Waals surface area contributed by atoms with Crippen LogP contribution in [0.4, 0.5) is 5.69 Å². The number of ether oxygens (including phenoxy) is 2. The van der Waals surface area contributed by atoms with E-state index in [2.05, 4.69) is 28.4 Å². The summed E-state index contributed by atoms with van der Waals surface area (Å²) in [5, 5.41) is 3.58. The molecule has 0 spiro atoms. The van der Waals surface area contributed by atoms with Gasteiger partial charge in [-0.2, -0.15) is 0 Å². The number of anilines is 1. The van der Waals surface area contributed by atoms with Crippen LogP contribution in [0.1, 0.15) is 25.7 Å². The number of hydrogen-bond donors (Lipinski definition) is 1. The zero-order valence-corrected chi connectivity index (χ0v) is 12.7. The third-order valence-electron chi connectivity index (χ3n) is 4.30. The average Bonchev–Trinajstić information content (AvgIpc) is 3.02. The molecule has 0 amide bonds. The van der Waals surface area contributed by atoms with Crippen molar-refractivity contribution in [2.45, 2.75) is 31.7 Å². The fourth-order valence-corrected chi connectivity index (χ4v) is 3.05. The highest BCUT2D eigenvalue weighted by Gasteiger charge is 2.13. The second-order valence-corrected chi connectivity index (χ2v) is 5.96. The van der Waals surface area contributed by atoms with E-state index in [-0.39, 0.29) is 0 Å². The molecule has 0 aromatic heterocycles. The SMILES string of the molecule is c1cc(NC2CCOCC2)cc(OCCN2CCCC2)c1. The summed E-state index contributed by atoms with van der Waals surface area (Å²) >= 11 is 0. The van der Waals surface area contributed by atoms with Crippen molar-refractivity contribution >= 4 is 5.69 Å². The Morgan fingerprint density at radius 1 is 1.19 bits per heavy atom. The molecule has 0 radical (unpaired) electrons. The van der Waals surface area contributed by atoms with Gasteiger partial charge in [0.15, 0.2) is 0 Å². The van der Waals surface area contributed by atoms with Gasteiger partial charge in [-0.25, -0.2) is 0 Å². The molecule has 2 heterocycles. The smallest absolute Gasteiger partial charge is 0.121 e. The molecular weight excluding hydrogens is 264 g/mol. The van der Waals surface area contributed by atoms with E-state index in [0.29, 0.717) is 6.04 Å². The quantitative estimate of drug-likeness (QED) is 0.873. The van der Waals surface area contributed by atoms with Crippen LogP contribution < -0.4 is 10.1 Å². The van der Waals surface area contributed by atoms with Crippen molar-refractivity contribution in [1.82, 2.24) is 4.90 Å². The summed E-state index contributed by atoms with van der Waals surface area (Å²) in [6.07, 6.45) is 4.84. The minimum absolute atomic E-state index is 0.526. The van der Waals surface area contributed by atoms with E-state index in [1.165, 1.54) is 25.9 Å². The van der Waals surface area contributed by atoms with Gasteiger partial charge in [0.05, 0.1) is 0 Å². The average molecular weight is 290 g/mol. The van der Waals surface area contributed by atoms with E-state index < -0.39 is 0 Å². The summed E-state index contributed by atoms with van der Waals surface area (Å²) in [6, 6.07) is 8.85. The molecule has 3 rings (SSSR count). The molecule has 4 heteroatoms. The van der Waals surface area contributed by atoms with Gasteiger partial charge in [-0.15, -0.1) is 0 Å². The number of benzene rings is 1. The molecule has 0 saturated carbocycles. The standard InChI is InChI=1S/C17H26N2O2/c1-2-9-19(8-1)10-13-21-17-5-3-4-16(14-17)18-15-6-11-20-12-7-15/h3-5,14-15,18H,1-2,6-13H2. The van der Waals surface area contributed by atoms with E-state index in [9.17, 15) is 0 Å². The number of hydrogen-bond acceptors (Lipinski definition) is 4. The maximum Gasteiger partial charge on any atom is 0.121 e. The van der Waals surface area contributed by atoms with E-state index in [1.807, 2.05) is 6.07 Å². The van der Waals surface area contributed by atoms with Crippen molar-refractivity contribution < 1.29 is 9.47 Å². The molecule has 2 saturated heterocycles. The minimum atomic E-state index is 0.526. The largest absolute Gasteiger partial charge is 0.492 e. The normalized spacial score (nSPS) is 20.6. The summed E-state index contributed by atoms with van der Waals surface area (Å²) in [5.74, 6) is 0.964. The van der Waals surface area contributed by atoms with Crippen molar-refractivity contribution in [1.29, 1.82) is 0 Å². The van der Waals surface area contributed by atoms with Crippen LogP contribution in [0.15, 0.2) is 24.3 Å². The Balaban J connectivity index is 1.45. The van der Waals surface area contributed by atoms with Crippen molar-refractivity contribution in [2.24, 2.45) is 0 Å². The molecule has 0 atom stereocenters. The minimum Gasteiger partial charge on any atom is -0.492 e. The lowest BCUT2D eigenvalue weighted by Crippen LogP contribution is -2.27. The molecule has 4 nitrogen and oxygen atoms in total. The summed E-state index contributed by atoms with van der Waals surface area (Å²) in [5.41, 5.74) is 1.15. The maximum absolute atomic E-state index is 5.89. The van der Waals surface area contributed by atoms with Gasteiger partial charge in [-0.05, 0) is 50.9 Å². The highest BCUT2D eigenvalue weighted by molar-refractivity contribution is 5.48. The number of nitrogens with one attached hydrogen (secondary N) is 1. The molecule has 0 aliphatic carbocycles. The van der Waals surface area contributed by atoms with Gasteiger partial charge >= 0.3 is 0 Å². The van der Waals surface area contributed by atoms with Crippen molar-refractivity contribution in [2.75, 3.05) is 44.8 Å². The van der Waals surface area contributed by atoms with Crippen LogP contribution in [0.25, 0.3) is 0 Å². The van der Waals surface area contributed by atoms with Crippen LogP contribution in [-0.2, 0) is 4.74 Å². The molecule has 1 N–H and O–H groups in total. The Labute approximate surface area is 127 Å². The van der Waals surface area contributed by atoms with Crippen LogP contribution >= 0.6 is 0 Å². The van der Waals surface area contributed by atoms with Crippen LogP contribution in [0.2, 0.25) is 0 Å². The van der Waals surface area contributed by atoms with E-state index in [1.54, 1.807) is 0 Å². The van der Waals surface area contributed by atoms with E-state index in [0.717, 1.165) is 50.6 Å². The summed E-state index contributed by atoms with van der Waals surface area (Å²) < 4.78 is 11.3. The maximum atomic E-state index is 5.89. The van der Waals surface area contributed by atoms with Gasteiger partial charge in [-0.1, -0.05) is 6.07 Å². The van der Waals surface area contributed by atoms with Crippen molar-refractivity contribution in [3.05, 3.63) is 24.3 Å². The fraction of sp³-hybridized carbons (Fsp3) is 0.647. The number of rotatable bonds is 6. The molecule has 2 aliphatic heterocycles. The zero-order valence-electron chi connectivity index (χ0n) is 12.7. The van der Waals surface area contributed by atoms with Gasteiger partial charge in [-0.3, -0.25) is 4.90 Å². The first kappa shape index (κ1) is 14.7. The van der Waals surface area contributed by atoms with Gasteiger partial charge < -0.3 is 14.8 Å². The van der Waals surface area contributed by atoms with E-state index >= 15 is 0 Å². The molecule has 1 aromatic rings. The highest BCUT2D eigenvalue weighted by Crippen LogP contribution is 2.20. The lowest BCUT2D eigenvalue weighted by atomic mass is 10.1. The molecule has 2 aliphatic rings. The van der Waals surface area contributed by atoms with Crippen molar-refractivity contribution in [3.63, 3.8) is 0 Å². The van der Waals surface area contributed by atoms with Gasteiger partial charge in [0.25, 0.3) is 0 Å². The Bertz CT molecular complexity index is 427. The Morgan fingerprint density at radius 2 is 2.00 bits per heavy atom. The second-order valence-electron chi connectivity index (χ2n) is 5.96. The van der Waals surface area contributed by atoms with E-state index in [4.69, 9.17) is 9.47 Å². The highest BCUT2D eigenvalue weighted by atomic mass is 16.5. The number of nitrogens with zero attached hydrogens (tertiary/aromatic N) is 1. The predicted octanol–water partition coefficient (Wildman–Crippen LogP) is 2.75. The zero-order chi connectivity index (χ0) is 14.3. The van der Waals surface area contributed by atoms with Crippen LogP contribution in [0, 0.1) is 0 Å². The molecule has 0 bridgehead atoms. The first-order valence-electron chi connectivity index (χ1n) is 8.20. The van der Waals surface area contributed by atoms with Gasteiger partial charge in [0.1, 0.15) is 12.4 Å². The summed E-state index contributed by atoms with van der Waals surface area (Å²) in [7, 11) is 0. The summed E-state index contributed by atoms with van der Waals surface area (Å²) in [6.45, 7) is 6.01. The van der Waals surface area contributed by atoms with Gasteiger partial charge in [0.2, 0.25) is 0 Å². The first-order valence-corrected chi connectivity index (χ1v) is 8.20. The predicted molar refractivity (Wildman–Crippen MR) is 85.1 cm³/mol. The van der Waals surface area contributed by atoms with Crippen LogP contribution in [0.5, 0.6) is 5.75 Å². The third kappa shape index (κ3) is 4.61. The van der Waals surface area contributed by atoms with Crippen molar-refractivity contribution in [3.8, 4) is 5.75 Å². The summed E-state index contributed by atoms with van der Waals surface area (Å²) in [4.78, 5) is 2.48. The second kappa shape index (κ2) is 7.66. The molecule has 1 aromatic carbocycles. The number of likely N-dealkylation sites (tertiary alicyclic amines) is 1. The van der Waals surface area contributed by atoms with Crippen LogP contribution in [0.3, 0.4) is 0 Å². The molecule has 2 fully saturated rings. The Kier molecular flexibility index (Phi) is 5.35. The monoisotopic (exact) mass is 290 g/mol. The third-order valence-corrected chi connectivity index (χ3v) is 4.30. The fourth-order valence-electron chi connectivity index (χ4n) is 3.05. The molecule has 116 valence electrons. The molecule has 21 heavy (non-hydrogen) atoms. The topological polar surface area (TPSA) is 33.7 Å². The molecular formula is C17H26N2O2. The Morgan fingerprint density at radius 3 is 2.81 bits per heavy atom. The lowest BCUT2D eigenvalue weighted by molar-refractivity contribution is 0.0904. The van der Waals surface area contributed by atoms with Gasteiger partial charge in [0, 0.05) is 37.6 Å². The lowest BCUT2D eigenvalue weighted by Gasteiger charge is -2.24. The molecule has 0 unspecified atom stereocenters.